The van der Waals surface area contributed by atoms with Gasteiger partial charge in [0.05, 0.1) is 6.61 Å². The van der Waals surface area contributed by atoms with E-state index in [4.69, 9.17) is 5.73 Å². The fourth-order valence-corrected chi connectivity index (χ4v) is 5.77. The van der Waals surface area contributed by atoms with Crippen LogP contribution in [0.3, 0.4) is 0 Å². The molecule has 206 valence electrons. The van der Waals surface area contributed by atoms with Crippen LogP contribution in [0.1, 0.15) is 20.3 Å². The lowest BCUT2D eigenvalue weighted by Gasteiger charge is -2.32. The van der Waals surface area contributed by atoms with Gasteiger partial charge in [0, 0.05) is 69.7 Å². The Kier molecular flexibility index (Phi) is 11.0. The fraction of sp³-hybridized carbons (Fsp3) is 0.640. The molecule has 12 heteroatoms. The average molecular weight is 536 g/mol. The summed E-state index contributed by atoms with van der Waals surface area (Å²) in [6, 6.07) is 6.10. The van der Waals surface area contributed by atoms with Crippen molar-refractivity contribution in [1.29, 1.82) is 0 Å². The Bertz CT molecular complexity index is 911. The molecule has 3 amide bonds. The topological polar surface area (TPSA) is 143 Å². The van der Waals surface area contributed by atoms with Gasteiger partial charge in [-0.3, -0.25) is 14.4 Å². The Morgan fingerprint density at radius 3 is 2.43 bits per heavy atom. The molecule has 0 saturated carbocycles. The first-order chi connectivity index (χ1) is 17.7. The summed E-state index contributed by atoms with van der Waals surface area (Å²) >= 11 is 1.37. The minimum Gasteiger partial charge on any atom is -0.394 e. The van der Waals surface area contributed by atoms with Gasteiger partial charge < -0.3 is 41.5 Å². The number of aliphatic hydroxyl groups excluding tert-OH is 1. The monoisotopic (exact) mass is 535 g/mol. The van der Waals surface area contributed by atoms with Crippen LogP contribution in [0, 0.1) is 0 Å². The van der Waals surface area contributed by atoms with Gasteiger partial charge in [0.15, 0.2) is 0 Å². The summed E-state index contributed by atoms with van der Waals surface area (Å²) in [6.45, 7) is 9.01. The molecule has 4 atom stereocenters. The average Bonchev–Trinajstić information content (AvgIpc) is 3.22. The molecule has 0 radical (unpaired) electrons. The zero-order chi connectivity index (χ0) is 26.9. The molecule has 11 nitrogen and oxygen atoms in total. The van der Waals surface area contributed by atoms with Gasteiger partial charge in [-0.2, -0.15) is 0 Å². The number of anilines is 2. The van der Waals surface area contributed by atoms with E-state index in [0.717, 1.165) is 44.1 Å². The van der Waals surface area contributed by atoms with Gasteiger partial charge in [-0.25, -0.2) is 0 Å². The normalized spacial score (nSPS) is 22.5. The van der Waals surface area contributed by atoms with Crippen molar-refractivity contribution < 1.29 is 19.5 Å². The summed E-state index contributed by atoms with van der Waals surface area (Å²) in [5.41, 5.74) is 7.74. The molecule has 0 bridgehead atoms. The van der Waals surface area contributed by atoms with Crippen LogP contribution in [0.25, 0.3) is 0 Å². The summed E-state index contributed by atoms with van der Waals surface area (Å²) in [4.78, 5) is 44.0. The van der Waals surface area contributed by atoms with Crippen LogP contribution in [0.4, 0.5) is 11.4 Å². The Balaban J connectivity index is 1.45. The summed E-state index contributed by atoms with van der Waals surface area (Å²) < 4.78 is 0. The van der Waals surface area contributed by atoms with E-state index in [2.05, 4.69) is 32.8 Å². The molecule has 2 unspecified atom stereocenters. The first kappa shape index (κ1) is 29.2. The Hall–Kier alpha value is -2.38. The standard InChI is InChI=1S/C25H41N7O4S/c1-4-32-24(36)20(37-25(32)22(26)23(35)28-17(2)16-33)15-27-18-5-7-19(8-6-18)29-21(34)9-10-31-13-11-30(3)12-14-31/h5-8,17,20,22,25,27,33H,4,9-16,26H2,1-3H3,(H,28,35)(H,29,34)/t17?,20-,22-,25?/m1/s1. The third-order valence-electron chi connectivity index (χ3n) is 6.69. The number of aliphatic hydroxyl groups is 1. The molecular weight excluding hydrogens is 494 g/mol. The number of piperazine rings is 1. The van der Waals surface area contributed by atoms with Gasteiger partial charge in [0.2, 0.25) is 17.7 Å². The predicted molar refractivity (Wildman–Crippen MR) is 147 cm³/mol. The van der Waals surface area contributed by atoms with Gasteiger partial charge in [-0.1, -0.05) is 0 Å². The Labute approximate surface area is 223 Å². The van der Waals surface area contributed by atoms with Crippen LogP contribution in [0.5, 0.6) is 0 Å². The van der Waals surface area contributed by atoms with Crippen molar-refractivity contribution >= 4 is 40.9 Å². The van der Waals surface area contributed by atoms with Crippen molar-refractivity contribution in [2.45, 2.75) is 43.0 Å². The van der Waals surface area contributed by atoms with Gasteiger partial charge in [0.1, 0.15) is 16.7 Å². The largest absolute Gasteiger partial charge is 0.394 e. The summed E-state index contributed by atoms with van der Waals surface area (Å²) in [5, 5.41) is 17.2. The molecule has 0 aromatic heterocycles. The zero-order valence-electron chi connectivity index (χ0n) is 22.0. The molecule has 2 aliphatic rings. The molecule has 37 heavy (non-hydrogen) atoms. The van der Waals surface area contributed by atoms with Gasteiger partial charge in [-0.15, -0.1) is 11.8 Å². The number of carbonyl (C=O) groups excluding carboxylic acids is 3. The third kappa shape index (κ3) is 8.30. The zero-order valence-corrected chi connectivity index (χ0v) is 22.8. The van der Waals surface area contributed by atoms with Crippen molar-refractivity contribution in [1.82, 2.24) is 20.0 Å². The van der Waals surface area contributed by atoms with Crippen LogP contribution in [0.15, 0.2) is 24.3 Å². The number of rotatable bonds is 12. The van der Waals surface area contributed by atoms with E-state index in [9.17, 15) is 19.5 Å². The maximum Gasteiger partial charge on any atom is 0.240 e. The van der Waals surface area contributed by atoms with Crippen LogP contribution in [-0.4, -0.2) is 120 Å². The second kappa shape index (κ2) is 14.0. The molecule has 3 rings (SSSR count). The highest BCUT2D eigenvalue weighted by Crippen LogP contribution is 2.33. The first-order valence-electron chi connectivity index (χ1n) is 12.9. The van der Waals surface area contributed by atoms with Crippen molar-refractivity contribution in [3.63, 3.8) is 0 Å². The lowest BCUT2D eigenvalue weighted by molar-refractivity contribution is -0.131. The number of hydrogen-bond donors (Lipinski definition) is 5. The van der Waals surface area contributed by atoms with Crippen LogP contribution < -0.4 is 21.7 Å². The van der Waals surface area contributed by atoms with E-state index in [1.54, 1.807) is 11.8 Å². The SMILES string of the molecule is CCN1C(=O)[C@@H](CNc2ccc(NC(=O)CCN3CCN(C)CC3)cc2)SC1[C@H](N)C(=O)NC(C)CO. The summed E-state index contributed by atoms with van der Waals surface area (Å²) in [7, 11) is 2.11. The predicted octanol–water partition coefficient (Wildman–Crippen LogP) is -0.211. The molecule has 2 saturated heterocycles. The first-order valence-corrected chi connectivity index (χ1v) is 13.8. The molecule has 1 aromatic rings. The van der Waals surface area contributed by atoms with E-state index in [1.807, 2.05) is 31.2 Å². The van der Waals surface area contributed by atoms with Crippen molar-refractivity contribution in [2.24, 2.45) is 5.73 Å². The number of hydrogen-bond acceptors (Lipinski definition) is 9. The van der Waals surface area contributed by atoms with Gasteiger partial charge >= 0.3 is 0 Å². The minimum atomic E-state index is -0.896. The van der Waals surface area contributed by atoms with E-state index in [-0.39, 0.29) is 29.6 Å². The fourth-order valence-electron chi connectivity index (χ4n) is 4.31. The number of benzene rings is 1. The van der Waals surface area contributed by atoms with Crippen LogP contribution in [-0.2, 0) is 14.4 Å². The number of nitrogens with two attached hydrogens (primary N) is 1. The lowest BCUT2D eigenvalue weighted by atomic mass is 10.2. The Morgan fingerprint density at radius 1 is 1.16 bits per heavy atom. The van der Waals surface area contributed by atoms with Crippen molar-refractivity contribution in [3.8, 4) is 0 Å². The molecule has 2 aliphatic heterocycles. The highest BCUT2D eigenvalue weighted by Gasteiger charge is 2.44. The molecule has 0 aliphatic carbocycles. The highest BCUT2D eigenvalue weighted by molar-refractivity contribution is 8.01. The van der Waals surface area contributed by atoms with Crippen LogP contribution in [0.2, 0.25) is 0 Å². The number of amides is 3. The van der Waals surface area contributed by atoms with E-state index >= 15 is 0 Å². The van der Waals surface area contributed by atoms with Gasteiger partial charge in [-0.05, 0) is 45.2 Å². The number of thioether (sulfide) groups is 1. The molecule has 2 fully saturated rings. The van der Waals surface area contributed by atoms with Crippen molar-refractivity contribution in [2.75, 3.05) is 70.1 Å². The number of carbonyl (C=O) groups is 3. The van der Waals surface area contributed by atoms with E-state index in [1.165, 1.54) is 11.8 Å². The molecule has 6 N–H and O–H groups in total. The number of likely N-dealkylation sites (N-methyl/N-ethyl adjacent to an activating group) is 2. The third-order valence-corrected chi connectivity index (χ3v) is 8.22. The van der Waals surface area contributed by atoms with Gasteiger partial charge in [0.25, 0.3) is 0 Å². The summed E-state index contributed by atoms with van der Waals surface area (Å²) in [6.07, 6.45) is 0.457. The number of nitrogens with zero attached hydrogens (tertiary/aromatic N) is 3. The smallest absolute Gasteiger partial charge is 0.240 e. The molecule has 1 aromatic carbocycles. The van der Waals surface area contributed by atoms with Crippen LogP contribution >= 0.6 is 11.8 Å². The summed E-state index contributed by atoms with van der Waals surface area (Å²) in [5.74, 6) is -0.459. The maximum absolute atomic E-state index is 12.9. The quantitative estimate of drug-likeness (QED) is 0.246. The minimum absolute atomic E-state index is 0.00736. The van der Waals surface area contributed by atoms with E-state index < -0.39 is 17.5 Å². The highest BCUT2D eigenvalue weighted by atomic mass is 32.2. The number of nitrogens with one attached hydrogen (secondary N) is 3. The second-order valence-corrected chi connectivity index (χ2v) is 11.0. The molecule has 0 spiro atoms. The lowest BCUT2D eigenvalue weighted by Crippen LogP contribution is -2.54. The maximum atomic E-state index is 12.9. The molecular formula is C25H41N7O4S. The second-order valence-electron chi connectivity index (χ2n) is 9.66. The molecule has 2 heterocycles. The van der Waals surface area contributed by atoms with E-state index in [0.29, 0.717) is 19.5 Å². The van der Waals surface area contributed by atoms with Crippen molar-refractivity contribution in [3.05, 3.63) is 24.3 Å². The Morgan fingerprint density at radius 2 is 1.81 bits per heavy atom.